The highest BCUT2D eigenvalue weighted by molar-refractivity contribution is 5.76. The Bertz CT molecular complexity index is 638. The molecule has 0 N–H and O–H groups in total. The SMILES string of the molecule is CCCCCCCCCCCc1ccc2c(c1)Cc1ccccc1-2. The maximum Gasteiger partial charge on any atom is -0.00134 e. The van der Waals surface area contributed by atoms with Crippen molar-refractivity contribution in [3.8, 4) is 11.1 Å². The molecule has 0 fully saturated rings. The van der Waals surface area contributed by atoms with E-state index in [2.05, 4.69) is 49.4 Å². The van der Waals surface area contributed by atoms with Gasteiger partial charge in [-0.1, -0.05) is 101 Å². The Labute approximate surface area is 148 Å². The normalized spacial score (nSPS) is 12.2. The van der Waals surface area contributed by atoms with Gasteiger partial charge >= 0.3 is 0 Å². The van der Waals surface area contributed by atoms with Crippen LogP contribution in [0, 0.1) is 0 Å². The molecule has 2 aromatic carbocycles. The van der Waals surface area contributed by atoms with E-state index in [9.17, 15) is 0 Å². The van der Waals surface area contributed by atoms with Crippen molar-refractivity contribution in [3.63, 3.8) is 0 Å². The summed E-state index contributed by atoms with van der Waals surface area (Å²) in [5.41, 5.74) is 7.46. The van der Waals surface area contributed by atoms with E-state index in [4.69, 9.17) is 0 Å². The van der Waals surface area contributed by atoms with Gasteiger partial charge in [-0.15, -0.1) is 0 Å². The van der Waals surface area contributed by atoms with Crippen molar-refractivity contribution in [1.29, 1.82) is 0 Å². The number of fused-ring (bicyclic) bond motifs is 3. The van der Waals surface area contributed by atoms with E-state index >= 15 is 0 Å². The van der Waals surface area contributed by atoms with E-state index in [1.165, 1.54) is 92.0 Å². The van der Waals surface area contributed by atoms with E-state index < -0.39 is 0 Å². The molecule has 24 heavy (non-hydrogen) atoms. The van der Waals surface area contributed by atoms with E-state index in [1.54, 1.807) is 0 Å². The largest absolute Gasteiger partial charge is 0.0654 e. The molecular formula is C24H32. The standard InChI is InChI=1S/C24H32/c1-2-3-4-5-6-7-8-9-10-13-20-16-17-24-22(18-20)19-21-14-11-12-15-23(21)24/h11-12,14-18H,2-10,13,19H2,1H3. The van der Waals surface area contributed by atoms with Crippen molar-refractivity contribution in [2.24, 2.45) is 0 Å². The molecule has 1 aliphatic carbocycles. The van der Waals surface area contributed by atoms with Crippen molar-refractivity contribution in [1.82, 2.24) is 0 Å². The topological polar surface area (TPSA) is 0 Å². The molecule has 0 spiro atoms. The van der Waals surface area contributed by atoms with Crippen LogP contribution in [0.3, 0.4) is 0 Å². The summed E-state index contributed by atoms with van der Waals surface area (Å²) in [5, 5.41) is 0. The van der Waals surface area contributed by atoms with Crippen LogP contribution in [0.15, 0.2) is 42.5 Å². The first-order chi connectivity index (χ1) is 11.9. The van der Waals surface area contributed by atoms with Crippen molar-refractivity contribution in [3.05, 3.63) is 59.2 Å². The van der Waals surface area contributed by atoms with E-state index in [0.717, 1.165) is 6.42 Å². The van der Waals surface area contributed by atoms with E-state index in [1.807, 2.05) is 0 Å². The number of unbranched alkanes of at least 4 members (excludes halogenated alkanes) is 8. The van der Waals surface area contributed by atoms with Gasteiger partial charge in [0.1, 0.15) is 0 Å². The van der Waals surface area contributed by atoms with Gasteiger partial charge in [0.25, 0.3) is 0 Å². The number of benzene rings is 2. The summed E-state index contributed by atoms with van der Waals surface area (Å²) in [6, 6.07) is 16.0. The molecule has 0 nitrogen and oxygen atoms in total. The summed E-state index contributed by atoms with van der Waals surface area (Å²) in [4.78, 5) is 0. The number of aryl methyl sites for hydroxylation is 1. The van der Waals surface area contributed by atoms with Gasteiger partial charge in [-0.25, -0.2) is 0 Å². The minimum absolute atomic E-state index is 1.12. The summed E-state index contributed by atoms with van der Waals surface area (Å²) in [6.07, 6.45) is 15.1. The van der Waals surface area contributed by atoms with Gasteiger partial charge < -0.3 is 0 Å². The molecule has 0 bridgehead atoms. The molecule has 3 rings (SSSR count). The summed E-state index contributed by atoms with van der Waals surface area (Å²) in [7, 11) is 0. The average Bonchev–Trinajstić information content (AvgIpc) is 2.98. The number of rotatable bonds is 10. The quantitative estimate of drug-likeness (QED) is 0.343. The Kier molecular flexibility index (Phi) is 6.52. The van der Waals surface area contributed by atoms with Crippen molar-refractivity contribution >= 4 is 0 Å². The zero-order chi connectivity index (χ0) is 16.6. The maximum atomic E-state index is 2.46. The minimum Gasteiger partial charge on any atom is -0.0654 e. The fourth-order valence-corrected chi connectivity index (χ4v) is 3.99. The zero-order valence-electron chi connectivity index (χ0n) is 15.3. The summed E-state index contributed by atoms with van der Waals surface area (Å²) >= 11 is 0. The highest BCUT2D eigenvalue weighted by atomic mass is 14.2. The van der Waals surface area contributed by atoms with Gasteiger partial charge in [0.2, 0.25) is 0 Å². The highest BCUT2D eigenvalue weighted by Gasteiger charge is 2.17. The third kappa shape index (κ3) is 4.50. The fourth-order valence-electron chi connectivity index (χ4n) is 3.99. The first kappa shape index (κ1) is 17.3. The van der Waals surface area contributed by atoms with Gasteiger partial charge in [0.15, 0.2) is 0 Å². The molecule has 0 amide bonds. The van der Waals surface area contributed by atoms with Gasteiger partial charge in [-0.3, -0.25) is 0 Å². The van der Waals surface area contributed by atoms with E-state index in [0.29, 0.717) is 0 Å². The Morgan fingerprint density at radius 2 is 1.33 bits per heavy atom. The number of hydrogen-bond donors (Lipinski definition) is 0. The van der Waals surface area contributed by atoms with Crippen LogP contribution in [-0.2, 0) is 12.8 Å². The molecular weight excluding hydrogens is 288 g/mol. The Morgan fingerprint density at radius 3 is 2.12 bits per heavy atom. The lowest BCUT2D eigenvalue weighted by atomic mass is 9.99. The molecule has 1 aliphatic rings. The summed E-state index contributed by atoms with van der Waals surface area (Å²) < 4.78 is 0. The monoisotopic (exact) mass is 320 g/mol. The molecule has 0 saturated heterocycles. The molecule has 0 aliphatic heterocycles. The predicted molar refractivity (Wildman–Crippen MR) is 106 cm³/mol. The van der Waals surface area contributed by atoms with Crippen LogP contribution >= 0.6 is 0 Å². The maximum absolute atomic E-state index is 2.46. The predicted octanol–water partition coefficient (Wildman–Crippen LogP) is 7.33. The van der Waals surface area contributed by atoms with Crippen LogP contribution < -0.4 is 0 Å². The van der Waals surface area contributed by atoms with Gasteiger partial charge in [-0.05, 0) is 47.1 Å². The Balaban J connectivity index is 1.38. The van der Waals surface area contributed by atoms with Crippen LogP contribution in [0.25, 0.3) is 11.1 Å². The molecule has 0 heteroatoms. The molecule has 0 heterocycles. The second kappa shape index (κ2) is 9.06. The highest BCUT2D eigenvalue weighted by Crippen LogP contribution is 2.36. The molecule has 2 aromatic rings. The molecule has 0 radical (unpaired) electrons. The van der Waals surface area contributed by atoms with Crippen LogP contribution in [0.1, 0.15) is 81.4 Å². The van der Waals surface area contributed by atoms with Crippen molar-refractivity contribution in [2.45, 2.75) is 77.6 Å². The fraction of sp³-hybridized carbons (Fsp3) is 0.500. The van der Waals surface area contributed by atoms with E-state index in [-0.39, 0.29) is 0 Å². The van der Waals surface area contributed by atoms with Gasteiger partial charge in [-0.2, -0.15) is 0 Å². The zero-order valence-corrected chi connectivity index (χ0v) is 15.3. The minimum atomic E-state index is 1.12. The lowest BCUT2D eigenvalue weighted by Crippen LogP contribution is -1.89. The summed E-state index contributed by atoms with van der Waals surface area (Å²) in [5.74, 6) is 0. The van der Waals surface area contributed by atoms with Crippen LogP contribution in [0.2, 0.25) is 0 Å². The summed E-state index contributed by atoms with van der Waals surface area (Å²) in [6.45, 7) is 2.29. The lowest BCUT2D eigenvalue weighted by Gasteiger charge is -2.06. The molecule has 0 saturated carbocycles. The Morgan fingerprint density at radius 1 is 0.667 bits per heavy atom. The Hall–Kier alpha value is -1.56. The first-order valence-corrected chi connectivity index (χ1v) is 10.1. The molecule has 0 unspecified atom stereocenters. The molecule has 0 aromatic heterocycles. The average molecular weight is 321 g/mol. The molecule has 128 valence electrons. The van der Waals surface area contributed by atoms with Gasteiger partial charge in [0.05, 0.1) is 0 Å². The second-order valence-electron chi connectivity index (χ2n) is 7.40. The lowest BCUT2D eigenvalue weighted by molar-refractivity contribution is 0.565. The van der Waals surface area contributed by atoms with Crippen molar-refractivity contribution < 1.29 is 0 Å². The number of hydrogen-bond acceptors (Lipinski definition) is 0. The smallest absolute Gasteiger partial charge is 0.00134 e. The first-order valence-electron chi connectivity index (χ1n) is 10.1. The van der Waals surface area contributed by atoms with Gasteiger partial charge in [0, 0.05) is 0 Å². The van der Waals surface area contributed by atoms with Crippen LogP contribution in [-0.4, -0.2) is 0 Å². The third-order valence-corrected chi connectivity index (χ3v) is 5.43. The van der Waals surface area contributed by atoms with Crippen molar-refractivity contribution in [2.75, 3.05) is 0 Å². The third-order valence-electron chi connectivity index (χ3n) is 5.43. The van der Waals surface area contributed by atoms with Crippen LogP contribution in [0.5, 0.6) is 0 Å². The second-order valence-corrected chi connectivity index (χ2v) is 7.40. The molecule has 0 atom stereocenters. The van der Waals surface area contributed by atoms with Crippen LogP contribution in [0.4, 0.5) is 0 Å².